The van der Waals surface area contributed by atoms with Gasteiger partial charge in [0.05, 0.1) is 6.61 Å². The number of carbonyl (C=O) groups excluding carboxylic acids is 2. The molecule has 1 aliphatic rings. The first-order valence-corrected chi connectivity index (χ1v) is 8.68. The third-order valence-electron chi connectivity index (χ3n) is 4.12. The molecule has 1 heterocycles. The van der Waals surface area contributed by atoms with Crippen molar-refractivity contribution in [3.05, 3.63) is 64.1 Å². The van der Waals surface area contributed by atoms with Gasteiger partial charge in [-0.3, -0.25) is 9.59 Å². The van der Waals surface area contributed by atoms with E-state index in [1.165, 1.54) is 18.2 Å². The lowest BCUT2D eigenvalue weighted by molar-refractivity contribution is -0.151. The summed E-state index contributed by atoms with van der Waals surface area (Å²) in [6.07, 6.45) is 2.03. The molecule has 5 heteroatoms. The van der Waals surface area contributed by atoms with E-state index in [1.807, 2.05) is 17.5 Å². The highest BCUT2D eigenvalue weighted by atomic mass is 32.1. The van der Waals surface area contributed by atoms with Gasteiger partial charge in [-0.15, -0.1) is 11.3 Å². The van der Waals surface area contributed by atoms with Gasteiger partial charge in [0, 0.05) is 10.8 Å². The van der Waals surface area contributed by atoms with Gasteiger partial charge in [0.1, 0.15) is 11.7 Å². The van der Waals surface area contributed by atoms with Crippen LogP contribution in [0.4, 0.5) is 4.39 Å². The smallest absolute Gasteiger partial charge is 0.317 e. The van der Waals surface area contributed by atoms with Crippen LogP contribution in [-0.4, -0.2) is 18.4 Å². The maximum Gasteiger partial charge on any atom is 0.317 e. The van der Waals surface area contributed by atoms with Crippen LogP contribution in [0.1, 0.15) is 29.7 Å². The third-order valence-corrected chi connectivity index (χ3v) is 5.07. The van der Waals surface area contributed by atoms with Crippen LogP contribution in [0.3, 0.4) is 0 Å². The lowest BCUT2D eigenvalue weighted by Crippen LogP contribution is -2.34. The predicted molar refractivity (Wildman–Crippen MR) is 91.2 cm³/mol. The average Bonchev–Trinajstić information content (AvgIpc) is 3.08. The summed E-state index contributed by atoms with van der Waals surface area (Å²) in [7, 11) is 0. The monoisotopic (exact) mass is 344 g/mol. The summed E-state index contributed by atoms with van der Waals surface area (Å²) in [5, 5.41) is 1.94. The van der Waals surface area contributed by atoms with Crippen LogP contribution in [0.25, 0.3) is 5.57 Å². The summed E-state index contributed by atoms with van der Waals surface area (Å²) in [6.45, 7) is 1.91. The molecule has 0 radical (unpaired) electrons. The Balaban J connectivity index is 2.02. The van der Waals surface area contributed by atoms with Gasteiger partial charge in [-0.25, -0.2) is 4.39 Å². The number of halogens is 1. The van der Waals surface area contributed by atoms with E-state index in [9.17, 15) is 14.0 Å². The normalized spacial score (nSPS) is 20.6. The summed E-state index contributed by atoms with van der Waals surface area (Å²) in [5.41, 5.74) is 1.52. The summed E-state index contributed by atoms with van der Waals surface area (Å²) in [6, 6.07) is 9.95. The predicted octanol–water partition coefficient (Wildman–Crippen LogP) is 4.21. The molecule has 1 aromatic heterocycles. The quantitative estimate of drug-likeness (QED) is 0.616. The molecule has 0 spiro atoms. The van der Waals surface area contributed by atoms with Crippen LogP contribution < -0.4 is 0 Å². The number of rotatable bonds is 4. The molecule has 0 amide bonds. The number of hydrogen-bond acceptors (Lipinski definition) is 4. The van der Waals surface area contributed by atoms with E-state index in [1.54, 1.807) is 30.4 Å². The number of ether oxygens (including phenoxy) is 1. The summed E-state index contributed by atoms with van der Waals surface area (Å²) in [4.78, 5) is 25.9. The molecule has 0 bridgehead atoms. The minimum absolute atomic E-state index is 0.208. The Bertz CT molecular complexity index is 780. The van der Waals surface area contributed by atoms with Crippen molar-refractivity contribution in [2.24, 2.45) is 5.92 Å². The molecule has 3 rings (SSSR count). The Morgan fingerprint density at radius 3 is 2.83 bits per heavy atom. The van der Waals surface area contributed by atoms with Gasteiger partial charge in [-0.05, 0) is 54.1 Å². The lowest BCUT2D eigenvalue weighted by atomic mass is 9.74. The van der Waals surface area contributed by atoms with Gasteiger partial charge in [0.25, 0.3) is 0 Å². The zero-order chi connectivity index (χ0) is 17.1. The van der Waals surface area contributed by atoms with Crippen molar-refractivity contribution in [1.82, 2.24) is 0 Å². The maximum absolute atomic E-state index is 13.7. The zero-order valence-electron chi connectivity index (χ0n) is 13.2. The van der Waals surface area contributed by atoms with E-state index in [-0.39, 0.29) is 18.2 Å². The van der Waals surface area contributed by atoms with E-state index >= 15 is 0 Å². The van der Waals surface area contributed by atoms with Gasteiger partial charge in [-0.2, -0.15) is 0 Å². The molecule has 0 saturated carbocycles. The molecule has 24 heavy (non-hydrogen) atoms. The van der Waals surface area contributed by atoms with E-state index in [2.05, 4.69) is 0 Å². The number of carbonyl (C=O) groups is 2. The standard InChI is InChI=1S/C19H17FO3S/c1-2-23-19(22)18-15(12-5-3-6-14(20)9-12)10-13(11-16(18)21)17-7-4-8-24-17/h3-9,11,15,18H,2,10H2,1H3/t15-,18+/m0/s1. The molecule has 3 nitrogen and oxygen atoms in total. The Labute approximate surface area is 143 Å². The summed E-state index contributed by atoms with van der Waals surface area (Å²) in [5.74, 6) is -2.55. The molecule has 2 aromatic rings. The highest BCUT2D eigenvalue weighted by Gasteiger charge is 2.40. The second kappa shape index (κ2) is 7.09. The number of allylic oxidation sites excluding steroid dienone is 2. The SMILES string of the molecule is CCOC(=O)[C@H]1C(=O)C=C(c2cccs2)C[C@H]1c1cccc(F)c1. The Morgan fingerprint density at radius 2 is 2.17 bits per heavy atom. The van der Waals surface area contributed by atoms with Crippen molar-refractivity contribution in [3.8, 4) is 0 Å². The minimum Gasteiger partial charge on any atom is -0.465 e. The fourth-order valence-electron chi connectivity index (χ4n) is 3.07. The Morgan fingerprint density at radius 1 is 1.33 bits per heavy atom. The molecule has 0 N–H and O–H groups in total. The number of thiophene rings is 1. The van der Waals surface area contributed by atoms with Crippen molar-refractivity contribution < 1.29 is 18.7 Å². The lowest BCUT2D eigenvalue weighted by Gasteiger charge is -2.29. The Kier molecular flexibility index (Phi) is 4.90. The van der Waals surface area contributed by atoms with Crippen molar-refractivity contribution in [2.75, 3.05) is 6.61 Å². The third kappa shape index (κ3) is 3.31. The first-order chi connectivity index (χ1) is 11.6. The van der Waals surface area contributed by atoms with Crippen LogP contribution in [0, 0.1) is 11.7 Å². The van der Waals surface area contributed by atoms with Gasteiger partial charge in [-0.1, -0.05) is 18.2 Å². The van der Waals surface area contributed by atoms with Crippen molar-refractivity contribution >= 4 is 28.7 Å². The molecular weight excluding hydrogens is 327 g/mol. The highest BCUT2D eigenvalue weighted by Crippen LogP contribution is 2.41. The molecule has 2 atom stereocenters. The first-order valence-electron chi connectivity index (χ1n) is 7.80. The first kappa shape index (κ1) is 16.6. The van der Waals surface area contributed by atoms with E-state index in [0.29, 0.717) is 12.0 Å². The summed E-state index contributed by atoms with van der Waals surface area (Å²) < 4.78 is 18.7. The van der Waals surface area contributed by atoms with Gasteiger partial charge >= 0.3 is 5.97 Å². The molecule has 0 aliphatic heterocycles. The van der Waals surface area contributed by atoms with Crippen molar-refractivity contribution in [1.29, 1.82) is 0 Å². The fourth-order valence-corrected chi connectivity index (χ4v) is 3.82. The second-order valence-corrected chi connectivity index (χ2v) is 6.59. The van der Waals surface area contributed by atoms with Crippen LogP contribution in [0.5, 0.6) is 0 Å². The molecule has 0 unspecified atom stereocenters. The highest BCUT2D eigenvalue weighted by molar-refractivity contribution is 7.11. The number of hydrogen-bond donors (Lipinski definition) is 0. The van der Waals surface area contributed by atoms with Crippen LogP contribution in [0.2, 0.25) is 0 Å². The van der Waals surface area contributed by atoms with Crippen LogP contribution in [-0.2, 0) is 14.3 Å². The van der Waals surface area contributed by atoms with Gasteiger partial charge in [0.15, 0.2) is 5.78 Å². The average molecular weight is 344 g/mol. The van der Waals surface area contributed by atoms with Crippen molar-refractivity contribution in [3.63, 3.8) is 0 Å². The molecule has 0 saturated heterocycles. The molecule has 1 aliphatic carbocycles. The van der Waals surface area contributed by atoms with Gasteiger partial charge in [0.2, 0.25) is 0 Å². The molecular formula is C19H17FO3S. The molecule has 0 fully saturated rings. The summed E-state index contributed by atoms with van der Waals surface area (Å²) >= 11 is 1.54. The Hall–Kier alpha value is -2.27. The second-order valence-electron chi connectivity index (χ2n) is 5.64. The largest absolute Gasteiger partial charge is 0.465 e. The van der Waals surface area contributed by atoms with E-state index in [4.69, 9.17) is 4.74 Å². The van der Waals surface area contributed by atoms with E-state index < -0.39 is 17.8 Å². The van der Waals surface area contributed by atoms with E-state index in [0.717, 1.165) is 10.5 Å². The molecule has 124 valence electrons. The van der Waals surface area contributed by atoms with Gasteiger partial charge < -0.3 is 4.74 Å². The minimum atomic E-state index is -0.921. The van der Waals surface area contributed by atoms with Crippen molar-refractivity contribution in [2.45, 2.75) is 19.3 Å². The number of esters is 1. The number of benzene rings is 1. The van der Waals surface area contributed by atoms with Crippen LogP contribution in [0.15, 0.2) is 47.9 Å². The maximum atomic E-state index is 13.7. The topological polar surface area (TPSA) is 43.4 Å². The number of ketones is 1. The fraction of sp³-hybridized carbons (Fsp3) is 0.263. The zero-order valence-corrected chi connectivity index (χ0v) is 14.0. The van der Waals surface area contributed by atoms with Crippen LogP contribution >= 0.6 is 11.3 Å². The molecule has 1 aromatic carbocycles.